The molecule has 0 aliphatic heterocycles. The maximum absolute atomic E-state index is 12.8. The second-order valence-electron chi connectivity index (χ2n) is 8.51. The van der Waals surface area contributed by atoms with E-state index in [-0.39, 0.29) is 16.2 Å². The molecule has 0 radical (unpaired) electrons. The predicted molar refractivity (Wildman–Crippen MR) is 138 cm³/mol. The summed E-state index contributed by atoms with van der Waals surface area (Å²) in [6.07, 6.45) is 0. The van der Waals surface area contributed by atoms with Gasteiger partial charge in [0.1, 0.15) is 5.75 Å². The van der Waals surface area contributed by atoms with E-state index in [9.17, 15) is 22.8 Å². The van der Waals surface area contributed by atoms with Crippen molar-refractivity contribution in [3.8, 4) is 5.75 Å². The number of aromatic nitrogens is 1. The molecule has 0 bridgehead atoms. The SMILES string of the molecule is Cc1ccc(S(=O)(=O)NC(=O)COc2cccc3c2c(C(=O)C(N)=O)c(C)n3Cc2ccccc2)cc1. The molecule has 0 saturated heterocycles. The summed E-state index contributed by atoms with van der Waals surface area (Å²) < 4.78 is 34.6. The van der Waals surface area contributed by atoms with Gasteiger partial charge in [0.05, 0.1) is 21.4 Å². The molecule has 4 aromatic rings. The number of nitrogens with one attached hydrogen (secondary N) is 1. The Morgan fingerprint density at radius 1 is 0.919 bits per heavy atom. The average molecular weight is 520 g/mol. The van der Waals surface area contributed by atoms with Crippen molar-refractivity contribution in [1.29, 1.82) is 0 Å². The van der Waals surface area contributed by atoms with E-state index >= 15 is 0 Å². The first-order valence-electron chi connectivity index (χ1n) is 11.3. The number of ether oxygens (including phenoxy) is 1. The van der Waals surface area contributed by atoms with Crippen molar-refractivity contribution < 1.29 is 27.5 Å². The summed E-state index contributed by atoms with van der Waals surface area (Å²) in [6.45, 7) is 3.28. The van der Waals surface area contributed by atoms with Crippen molar-refractivity contribution in [3.63, 3.8) is 0 Å². The van der Waals surface area contributed by atoms with Crippen LogP contribution in [0.3, 0.4) is 0 Å². The third kappa shape index (κ3) is 5.39. The van der Waals surface area contributed by atoms with Crippen LogP contribution >= 0.6 is 0 Å². The molecule has 0 saturated carbocycles. The van der Waals surface area contributed by atoms with Gasteiger partial charge in [-0.2, -0.15) is 0 Å². The van der Waals surface area contributed by atoms with Crippen molar-refractivity contribution in [2.45, 2.75) is 25.3 Å². The first kappa shape index (κ1) is 25.6. The second-order valence-corrected chi connectivity index (χ2v) is 10.2. The van der Waals surface area contributed by atoms with E-state index in [0.29, 0.717) is 23.1 Å². The molecule has 190 valence electrons. The Kier molecular flexibility index (Phi) is 7.12. The normalized spacial score (nSPS) is 11.3. The number of benzene rings is 3. The van der Waals surface area contributed by atoms with Crippen LogP contribution in [0.5, 0.6) is 5.75 Å². The standard InChI is InChI=1S/C27H25N3O6S/c1-17-11-13-20(14-12-17)37(34,35)29-23(31)16-36-22-10-6-9-21-25(22)24(26(32)27(28)33)18(2)30(21)15-19-7-4-3-5-8-19/h3-14H,15-16H2,1-2H3,(H2,28,33)(H,29,31). The van der Waals surface area contributed by atoms with E-state index in [4.69, 9.17) is 10.5 Å². The van der Waals surface area contributed by atoms with Gasteiger partial charge in [0.2, 0.25) is 0 Å². The summed E-state index contributed by atoms with van der Waals surface area (Å²) in [5.41, 5.74) is 8.33. The Bertz CT molecular complexity index is 1610. The Hall–Kier alpha value is -4.44. The third-order valence-corrected chi connectivity index (χ3v) is 7.27. The highest BCUT2D eigenvalue weighted by molar-refractivity contribution is 7.90. The Balaban J connectivity index is 1.66. The first-order valence-corrected chi connectivity index (χ1v) is 12.8. The minimum Gasteiger partial charge on any atom is -0.483 e. The predicted octanol–water partition coefficient (Wildman–Crippen LogP) is 2.86. The van der Waals surface area contributed by atoms with Gasteiger partial charge in [-0.05, 0) is 43.7 Å². The van der Waals surface area contributed by atoms with Crippen LogP contribution in [-0.2, 0) is 26.2 Å². The van der Waals surface area contributed by atoms with Gasteiger partial charge in [0.15, 0.2) is 6.61 Å². The van der Waals surface area contributed by atoms with Crippen LogP contribution in [0, 0.1) is 13.8 Å². The number of Topliss-reactive ketones (excluding diaryl/α,β-unsaturated/α-hetero) is 1. The summed E-state index contributed by atoms with van der Waals surface area (Å²) in [6, 6.07) is 20.5. The molecular formula is C27H25N3O6S. The molecule has 1 aromatic heterocycles. The molecule has 0 atom stereocenters. The van der Waals surface area contributed by atoms with E-state index in [2.05, 4.69) is 0 Å². The van der Waals surface area contributed by atoms with Crippen LogP contribution in [-0.4, -0.2) is 37.2 Å². The zero-order valence-corrected chi connectivity index (χ0v) is 21.0. The van der Waals surface area contributed by atoms with Crippen LogP contribution in [0.2, 0.25) is 0 Å². The number of carbonyl (C=O) groups excluding carboxylic acids is 3. The number of nitrogens with two attached hydrogens (primary N) is 1. The minimum absolute atomic E-state index is 0.0588. The summed E-state index contributed by atoms with van der Waals surface area (Å²) in [4.78, 5) is 37.1. The van der Waals surface area contributed by atoms with Crippen LogP contribution in [0.15, 0.2) is 77.7 Å². The minimum atomic E-state index is -4.09. The summed E-state index contributed by atoms with van der Waals surface area (Å²) in [5, 5.41) is 0.314. The number of rotatable bonds is 9. The van der Waals surface area contributed by atoms with E-state index in [0.717, 1.165) is 11.1 Å². The van der Waals surface area contributed by atoms with E-state index in [1.54, 1.807) is 31.2 Å². The number of carbonyl (C=O) groups is 3. The van der Waals surface area contributed by atoms with Crippen LogP contribution < -0.4 is 15.2 Å². The van der Waals surface area contributed by atoms with E-state index < -0.39 is 34.2 Å². The summed E-state index contributed by atoms with van der Waals surface area (Å²) in [5.74, 6) is -2.78. The number of amides is 2. The van der Waals surface area contributed by atoms with Crippen molar-refractivity contribution in [1.82, 2.24) is 9.29 Å². The topological polar surface area (TPSA) is 138 Å². The molecule has 4 rings (SSSR count). The number of sulfonamides is 1. The molecule has 0 spiro atoms. The van der Waals surface area contributed by atoms with Gasteiger partial charge in [-0.25, -0.2) is 13.1 Å². The molecule has 2 amide bonds. The molecule has 37 heavy (non-hydrogen) atoms. The molecule has 10 heteroatoms. The van der Waals surface area contributed by atoms with Gasteiger partial charge in [0, 0.05) is 12.2 Å². The quantitative estimate of drug-likeness (QED) is 0.258. The lowest BCUT2D eigenvalue weighted by molar-refractivity contribution is -0.121. The summed E-state index contributed by atoms with van der Waals surface area (Å²) in [7, 11) is -4.09. The van der Waals surface area contributed by atoms with Gasteiger partial charge in [-0.15, -0.1) is 0 Å². The number of aryl methyl sites for hydroxylation is 1. The highest BCUT2D eigenvalue weighted by atomic mass is 32.2. The van der Waals surface area contributed by atoms with Crippen molar-refractivity contribution in [2.24, 2.45) is 5.73 Å². The van der Waals surface area contributed by atoms with Gasteiger partial charge in [0.25, 0.3) is 27.6 Å². The number of primary amides is 1. The zero-order valence-electron chi connectivity index (χ0n) is 20.2. The molecule has 3 N–H and O–H groups in total. The molecule has 1 heterocycles. The fourth-order valence-electron chi connectivity index (χ4n) is 4.08. The van der Waals surface area contributed by atoms with E-state index in [1.165, 1.54) is 18.2 Å². The zero-order chi connectivity index (χ0) is 26.7. The van der Waals surface area contributed by atoms with Gasteiger partial charge in [-0.3, -0.25) is 14.4 Å². The van der Waals surface area contributed by atoms with Crippen LogP contribution in [0.4, 0.5) is 0 Å². The number of hydrogen-bond donors (Lipinski definition) is 2. The van der Waals surface area contributed by atoms with Gasteiger partial charge in [-0.1, -0.05) is 54.1 Å². The fourth-order valence-corrected chi connectivity index (χ4v) is 5.05. The smallest absolute Gasteiger partial charge is 0.289 e. The lowest BCUT2D eigenvalue weighted by atomic mass is 10.1. The average Bonchev–Trinajstić information content (AvgIpc) is 3.14. The number of fused-ring (bicyclic) bond motifs is 1. The maximum atomic E-state index is 12.8. The monoisotopic (exact) mass is 519 g/mol. The largest absolute Gasteiger partial charge is 0.483 e. The van der Waals surface area contributed by atoms with E-state index in [1.807, 2.05) is 46.5 Å². The van der Waals surface area contributed by atoms with Gasteiger partial charge >= 0.3 is 0 Å². The van der Waals surface area contributed by atoms with Gasteiger partial charge < -0.3 is 15.0 Å². The van der Waals surface area contributed by atoms with Crippen LogP contribution in [0.1, 0.15) is 27.2 Å². The Morgan fingerprint density at radius 2 is 1.59 bits per heavy atom. The molecule has 0 aliphatic rings. The highest BCUT2D eigenvalue weighted by Gasteiger charge is 2.26. The second kappa shape index (κ2) is 10.3. The van der Waals surface area contributed by atoms with Crippen molar-refractivity contribution in [3.05, 3.63) is 95.2 Å². The maximum Gasteiger partial charge on any atom is 0.289 e. The number of ketones is 1. The highest BCUT2D eigenvalue weighted by Crippen LogP contribution is 2.34. The lowest BCUT2D eigenvalue weighted by Crippen LogP contribution is -2.34. The molecule has 0 aliphatic carbocycles. The molecule has 0 fully saturated rings. The lowest BCUT2D eigenvalue weighted by Gasteiger charge is -2.11. The third-order valence-electron chi connectivity index (χ3n) is 5.88. The number of nitrogens with zero attached hydrogens (tertiary/aromatic N) is 1. The van der Waals surface area contributed by atoms with Crippen molar-refractivity contribution in [2.75, 3.05) is 6.61 Å². The molecular weight excluding hydrogens is 494 g/mol. The number of hydrogen-bond acceptors (Lipinski definition) is 6. The Morgan fingerprint density at radius 3 is 2.24 bits per heavy atom. The molecule has 3 aromatic carbocycles. The first-order chi connectivity index (χ1) is 17.6. The van der Waals surface area contributed by atoms with Crippen molar-refractivity contribution >= 4 is 38.5 Å². The fraction of sp³-hybridized carbons (Fsp3) is 0.148. The summed E-state index contributed by atoms with van der Waals surface area (Å²) >= 11 is 0. The molecule has 9 nitrogen and oxygen atoms in total. The van der Waals surface area contributed by atoms with Crippen LogP contribution in [0.25, 0.3) is 10.9 Å². The Labute approximate surface area is 213 Å². The molecule has 0 unspecified atom stereocenters.